The van der Waals surface area contributed by atoms with Gasteiger partial charge in [0.25, 0.3) is 0 Å². The van der Waals surface area contributed by atoms with Crippen molar-refractivity contribution in [2.45, 2.75) is 6.18 Å². The van der Waals surface area contributed by atoms with Crippen LogP contribution in [0, 0.1) is 0 Å². The molecule has 170 valence electrons. The van der Waals surface area contributed by atoms with E-state index in [4.69, 9.17) is 4.42 Å². The van der Waals surface area contributed by atoms with E-state index in [-0.39, 0.29) is 0 Å². The van der Waals surface area contributed by atoms with Gasteiger partial charge in [0.1, 0.15) is 5.52 Å². The molecule has 0 saturated heterocycles. The van der Waals surface area contributed by atoms with Gasteiger partial charge in [0.05, 0.1) is 5.56 Å². The Bertz CT molecular complexity index is 1660. The van der Waals surface area contributed by atoms with E-state index in [1.54, 1.807) is 6.07 Å². The van der Waals surface area contributed by atoms with Crippen molar-refractivity contribution in [2.75, 3.05) is 0 Å². The number of oxazole rings is 1. The van der Waals surface area contributed by atoms with Crippen molar-refractivity contribution in [1.29, 1.82) is 0 Å². The van der Waals surface area contributed by atoms with E-state index in [9.17, 15) is 13.2 Å². The normalized spacial score (nSPS) is 11.9. The third kappa shape index (κ3) is 3.85. The summed E-state index contributed by atoms with van der Waals surface area (Å²) >= 11 is 0. The third-order valence-electron chi connectivity index (χ3n) is 6.15. The number of alkyl halides is 3. The largest absolute Gasteiger partial charge is 0.436 e. The molecule has 0 spiro atoms. The molecule has 35 heavy (non-hydrogen) atoms. The van der Waals surface area contributed by atoms with Crippen LogP contribution in [0.5, 0.6) is 0 Å². The Labute approximate surface area is 199 Å². The van der Waals surface area contributed by atoms with Crippen LogP contribution in [-0.4, -0.2) is 4.98 Å². The molecule has 0 saturated carbocycles. The highest BCUT2D eigenvalue weighted by Crippen LogP contribution is 2.38. The lowest BCUT2D eigenvalue weighted by Gasteiger charge is -2.12. The average molecular weight is 465 g/mol. The van der Waals surface area contributed by atoms with E-state index >= 15 is 0 Å². The second kappa shape index (κ2) is 8.13. The molecule has 1 heterocycles. The lowest BCUT2D eigenvalue weighted by Crippen LogP contribution is -2.04. The van der Waals surface area contributed by atoms with E-state index < -0.39 is 11.7 Å². The molecule has 6 aromatic rings. The highest BCUT2D eigenvalue weighted by molar-refractivity contribution is 6.04. The van der Waals surface area contributed by atoms with Gasteiger partial charge in [0.2, 0.25) is 5.89 Å². The highest BCUT2D eigenvalue weighted by atomic mass is 19.4. The fourth-order valence-electron chi connectivity index (χ4n) is 4.47. The minimum absolute atomic E-state index is 0.522. The first-order valence-electron chi connectivity index (χ1n) is 11.1. The average Bonchev–Trinajstić information content (AvgIpc) is 3.32. The zero-order valence-corrected chi connectivity index (χ0v) is 18.4. The van der Waals surface area contributed by atoms with Crippen molar-refractivity contribution < 1.29 is 17.6 Å². The fourth-order valence-corrected chi connectivity index (χ4v) is 4.47. The molecule has 0 aliphatic rings. The SMILES string of the molecule is FC(F)(F)c1cccc(-c2cccc(-c3ccc(-c4nc5ccccc5o4)c4ccccc34)c2)c1. The molecule has 5 heteroatoms. The van der Waals surface area contributed by atoms with Gasteiger partial charge in [0.15, 0.2) is 5.58 Å². The highest BCUT2D eigenvalue weighted by Gasteiger charge is 2.30. The van der Waals surface area contributed by atoms with Crippen LogP contribution < -0.4 is 0 Å². The van der Waals surface area contributed by atoms with Gasteiger partial charge in [-0.05, 0) is 69.4 Å². The molecule has 0 aliphatic carbocycles. The maximum Gasteiger partial charge on any atom is 0.416 e. The summed E-state index contributed by atoms with van der Waals surface area (Å²) in [6.45, 7) is 0. The Balaban J connectivity index is 1.48. The Morgan fingerprint density at radius 2 is 1.20 bits per heavy atom. The van der Waals surface area contributed by atoms with Gasteiger partial charge in [-0.1, -0.05) is 72.8 Å². The summed E-state index contributed by atoms with van der Waals surface area (Å²) in [7, 11) is 0. The summed E-state index contributed by atoms with van der Waals surface area (Å²) < 4.78 is 45.7. The second-order valence-corrected chi connectivity index (χ2v) is 8.35. The van der Waals surface area contributed by atoms with Gasteiger partial charge < -0.3 is 4.42 Å². The van der Waals surface area contributed by atoms with Gasteiger partial charge >= 0.3 is 6.18 Å². The number of hydrogen-bond acceptors (Lipinski definition) is 2. The lowest BCUT2D eigenvalue weighted by atomic mass is 9.93. The number of halogens is 3. The van der Waals surface area contributed by atoms with Crippen LogP contribution in [0.2, 0.25) is 0 Å². The Morgan fingerprint density at radius 3 is 1.97 bits per heavy atom. The molecule has 6 rings (SSSR count). The summed E-state index contributed by atoms with van der Waals surface area (Å²) in [5, 5.41) is 1.99. The number of rotatable bonds is 3. The van der Waals surface area contributed by atoms with E-state index in [1.165, 1.54) is 12.1 Å². The van der Waals surface area contributed by atoms with E-state index in [0.717, 1.165) is 50.2 Å². The topological polar surface area (TPSA) is 26.0 Å². The molecule has 0 N–H and O–H groups in total. The number of fused-ring (bicyclic) bond motifs is 2. The van der Waals surface area contributed by atoms with E-state index in [0.29, 0.717) is 11.5 Å². The van der Waals surface area contributed by atoms with Gasteiger partial charge in [-0.25, -0.2) is 4.98 Å². The molecule has 0 atom stereocenters. The van der Waals surface area contributed by atoms with Crippen molar-refractivity contribution in [3.05, 3.63) is 115 Å². The number of para-hydroxylation sites is 2. The maximum absolute atomic E-state index is 13.2. The molecular weight excluding hydrogens is 447 g/mol. The van der Waals surface area contributed by atoms with Crippen molar-refractivity contribution in [1.82, 2.24) is 4.98 Å². The first kappa shape index (κ1) is 21.2. The van der Waals surface area contributed by atoms with Crippen LogP contribution in [0.1, 0.15) is 5.56 Å². The molecule has 2 nitrogen and oxygen atoms in total. The number of nitrogens with zero attached hydrogens (tertiary/aromatic N) is 1. The zero-order valence-electron chi connectivity index (χ0n) is 18.4. The molecular formula is C30H18F3NO. The summed E-state index contributed by atoms with van der Waals surface area (Å²) in [6, 6.07) is 32.7. The van der Waals surface area contributed by atoms with Crippen molar-refractivity contribution in [2.24, 2.45) is 0 Å². The Morgan fingerprint density at radius 1 is 0.571 bits per heavy atom. The standard InChI is InChI=1S/C30H18F3NO/c31-30(32,33)22-10-6-8-20(18-22)19-7-5-9-21(17-19)23-15-16-26(25-12-2-1-11-24(23)25)29-34-27-13-3-4-14-28(27)35-29/h1-18H. The molecule has 0 unspecified atom stereocenters. The molecule has 1 aromatic heterocycles. The predicted molar refractivity (Wildman–Crippen MR) is 133 cm³/mol. The molecule has 0 aliphatic heterocycles. The predicted octanol–water partition coefficient (Wildman–Crippen LogP) is 9.00. The second-order valence-electron chi connectivity index (χ2n) is 8.35. The van der Waals surface area contributed by atoms with E-state index in [1.807, 2.05) is 84.9 Å². The summed E-state index contributed by atoms with van der Waals surface area (Å²) in [5.74, 6) is 0.548. The molecule has 0 radical (unpaired) electrons. The van der Waals surface area contributed by atoms with Crippen molar-refractivity contribution >= 4 is 21.9 Å². The fraction of sp³-hybridized carbons (Fsp3) is 0.0333. The lowest BCUT2D eigenvalue weighted by molar-refractivity contribution is -0.137. The Hall–Kier alpha value is -4.38. The van der Waals surface area contributed by atoms with Gasteiger partial charge in [-0.3, -0.25) is 0 Å². The first-order valence-corrected chi connectivity index (χ1v) is 11.1. The van der Waals surface area contributed by atoms with Gasteiger partial charge in [-0.15, -0.1) is 0 Å². The van der Waals surface area contributed by atoms with Crippen molar-refractivity contribution in [3.63, 3.8) is 0 Å². The number of aromatic nitrogens is 1. The quantitative estimate of drug-likeness (QED) is 0.261. The smallest absolute Gasteiger partial charge is 0.416 e. The third-order valence-corrected chi connectivity index (χ3v) is 6.15. The van der Waals surface area contributed by atoms with E-state index in [2.05, 4.69) is 4.98 Å². The number of benzene rings is 5. The van der Waals surface area contributed by atoms with Crippen LogP contribution in [0.15, 0.2) is 114 Å². The minimum Gasteiger partial charge on any atom is -0.436 e. The monoisotopic (exact) mass is 465 g/mol. The van der Waals surface area contributed by atoms with Crippen LogP contribution in [-0.2, 0) is 6.18 Å². The van der Waals surface area contributed by atoms with Gasteiger partial charge in [0, 0.05) is 5.56 Å². The van der Waals surface area contributed by atoms with Crippen LogP contribution in [0.4, 0.5) is 13.2 Å². The molecule has 5 aromatic carbocycles. The van der Waals surface area contributed by atoms with Crippen LogP contribution in [0.25, 0.3) is 55.6 Å². The summed E-state index contributed by atoms with van der Waals surface area (Å²) in [6.07, 6.45) is -4.38. The summed E-state index contributed by atoms with van der Waals surface area (Å²) in [4.78, 5) is 4.66. The van der Waals surface area contributed by atoms with Crippen molar-refractivity contribution in [3.8, 4) is 33.7 Å². The molecule has 0 bridgehead atoms. The first-order chi connectivity index (χ1) is 17.0. The zero-order chi connectivity index (χ0) is 24.0. The maximum atomic E-state index is 13.2. The van der Waals surface area contributed by atoms with Crippen LogP contribution in [0.3, 0.4) is 0 Å². The van der Waals surface area contributed by atoms with Crippen LogP contribution >= 0.6 is 0 Å². The summed E-state index contributed by atoms with van der Waals surface area (Å²) in [5.41, 5.74) is 4.89. The van der Waals surface area contributed by atoms with Gasteiger partial charge in [-0.2, -0.15) is 13.2 Å². The number of hydrogen-bond donors (Lipinski definition) is 0. The molecule has 0 amide bonds. The molecule has 0 fully saturated rings. The Kier molecular flexibility index (Phi) is 4.92. The minimum atomic E-state index is -4.38.